The first kappa shape index (κ1) is 9.96. The summed E-state index contributed by atoms with van der Waals surface area (Å²) in [6.45, 7) is 7.35. The van der Waals surface area contributed by atoms with Gasteiger partial charge in [-0.3, -0.25) is 0 Å². The van der Waals surface area contributed by atoms with E-state index in [-0.39, 0.29) is 0 Å². The Balaban J connectivity index is 3.03. The Hall–Kier alpha value is -0.0400. The summed E-state index contributed by atoms with van der Waals surface area (Å²) in [5.41, 5.74) is 0. The SMILES string of the molecule is [CH2]CC(C)CCCN(C)C. The van der Waals surface area contributed by atoms with Gasteiger partial charge in [0.15, 0.2) is 0 Å². The summed E-state index contributed by atoms with van der Waals surface area (Å²) in [5, 5.41) is 0. The molecule has 0 heterocycles. The molecule has 0 rings (SSSR count). The third kappa shape index (κ3) is 6.09. The first-order chi connectivity index (χ1) is 4.66. The lowest BCUT2D eigenvalue weighted by Crippen LogP contribution is -2.13. The third-order valence-electron chi connectivity index (χ3n) is 1.80. The Kier molecular flexibility index (Phi) is 5.70. The molecule has 0 bridgehead atoms. The van der Waals surface area contributed by atoms with E-state index in [0.717, 1.165) is 12.3 Å². The molecule has 0 aromatic rings. The van der Waals surface area contributed by atoms with E-state index in [0.29, 0.717) is 0 Å². The van der Waals surface area contributed by atoms with Crippen LogP contribution in [0.3, 0.4) is 0 Å². The molecule has 0 saturated heterocycles. The minimum Gasteiger partial charge on any atom is -0.309 e. The second-order valence-corrected chi connectivity index (χ2v) is 3.34. The zero-order valence-electron chi connectivity index (χ0n) is 7.56. The van der Waals surface area contributed by atoms with Gasteiger partial charge in [-0.1, -0.05) is 20.3 Å². The van der Waals surface area contributed by atoms with Crippen molar-refractivity contribution in [3.63, 3.8) is 0 Å². The largest absolute Gasteiger partial charge is 0.309 e. The summed E-state index contributed by atoms with van der Waals surface area (Å²) in [4.78, 5) is 2.23. The average molecular weight is 142 g/mol. The molecule has 1 heteroatoms. The van der Waals surface area contributed by atoms with Crippen LogP contribution in [0.25, 0.3) is 0 Å². The lowest BCUT2D eigenvalue weighted by atomic mass is 10.0. The Labute approximate surface area is 65.4 Å². The van der Waals surface area contributed by atoms with Gasteiger partial charge in [-0.05, 0) is 39.4 Å². The molecule has 1 atom stereocenters. The second kappa shape index (κ2) is 5.72. The van der Waals surface area contributed by atoms with Crippen LogP contribution in [0.5, 0.6) is 0 Å². The van der Waals surface area contributed by atoms with Gasteiger partial charge in [0.05, 0.1) is 0 Å². The van der Waals surface area contributed by atoms with Gasteiger partial charge in [0.2, 0.25) is 0 Å². The van der Waals surface area contributed by atoms with Crippen molar-refractivity contribution in [3.05, 3.63) is 6.92 Å². The fourth-order valence-electron chi connectivity index (χ4n) is 0.900. The minimum atomic E-state index is 0.806. The van der Waals surface area contributed by atoms with Crippen LogP contribution >= 0.6 is 0 Å². The Bertz CT molecular complexity index is 69.1. The van der Waals surface area contributed by atoms with E-state index in [1.165, 1.54) is 19.4 Å². The molecule has 0 saturated carbocycles. The molecule has 1 nitrogen and oxygen atoms in total. The summed E-state index contributed by atoms with van der Waals surface area (Å²) in [7, 11) is 4.24. The molecule has 0 aromatic carbocycles. The topological polar surface area (TPSA) is 3.24 Å². The first-order valence-corrected chi connectivity index (χ1v) is 4.10. The number of rotatable bonds is 5. The number of hydrogen-bond acceptors (Lipinski definition) is 1. The van der Waals surface area contributed by atoms with E-state index in [2.05, 4.69) is 32.8 Å². The highest BCUT2D eigenvalue weighted by Gasteiger charge is 1.97. The van der Waals surface area contributed by atoms with Crippen LogP contribution in [-0.2, 0) is 0 Å². The zero-order valence-corrected chi connectivity index (χ0v) is 7.56. The lowest BCUT2D eigenvalue weighted by molar-refractivity contribution is 0.373. The Morgan fingerprint density at radius 2 is 2.00 bits per heavy atom. The molecular formula is C9H20N. The fourth-order valence-corrected chi connectivity index (χ4v) is 0.900. The zero-order chi connectivity index (χ0) is 7.98. The van der Waals surface area contributed by atoms with Gasteiger partial charge in [0.1, 0.15) is 0 Å². The molecule has 0 spiro atoms. The molecule has 0 aliphatic carbocycles. The van der Waals surface area contributed by atoms with Crippen molar-refractivity contribution in [3.8, 4) is 0 Å². The van der Waals surface area contributed by atoms with Crippen molar-refractivity contribution >= 4 is 0 Å². The molecule has 1 radical (unpaired) electrons. The van der Waals surface area contributed by atoms with E-state index >= 15 is 0 Å². The predicted molar refractivity (Wildman–Crippen MR) is 46.9 cm³/mol. The summed E-state index contributed by atoms with van der Waals surface area (Å²) in [5.74, 6) is 0.806. The molecule has 0 N–H and O–H groups in total. The maximum atomic E-state index is 3.87. The van der Waals surface area contributed by atoms with Crippen LogP contribution in [0.1, 0.15) is 26.2 Å². The van der Waals surface area contributed by atoms with Crippen LogP contribution in [0.2, 0.25) is 0 Å². The van der Waals surface area contributed by atoms with Crippen molar-refractivity contribution in [1.29, 1.82) is 0 Å². The van der Waals surface area contributed by atoms with Crippen LogP contribution in [0.4, 0.5) is 0 Å². The summed E-state index contributed by atoms with van der Waals surface area (Å²) >= 11 is 0. The van der Waals surface area contributed by atoms with Crippen molar-refractivity contribution in [2.45, 2.75) is 26.2 Å². The number of nitrogens with zero attached hydrogens (tertiary/aromatic N) is 1. The van der Waals surface area contributed by atoms with Crippen molar-refractivity contribution < 1.29 is 0 Å². The average Bonchev–Trinajstić information content (AvgIpc) is 1.87. The van der Waals surface area contributed by atoms with Gasteiger partial charge < -0.3 is 4.90 Å². The van der Waals surface area contributed by atoms with Crippen LogP contribution in [-0.4, -0.2) is 25.5 Å². The van der Waals surface area contributed by atoms with Crippen molar-refractivity contribution in [1.82, 2.24) is 4.90 Å². The van der Waals surface area contributed by atoms with E-state index in [9.17, 15) is 0 Å². The summed E-state index contributed by atoms with van der Waals surface area (Å²) < 4.78 is 0. The minimum absolute atomic E-state index is 0.806. The van der Waals surface area contributed by atoms with Crippen molar-refractivity contribution in [2.75, 3.05) is 20.6 Å². The molecule has 0 amide bonds. The monoisotopic (exact) mass is 142 g/mol. The van der Waals surface area contributed by atoms with Crippen LogP contribution < -0.4 is 0 Å². The van der Waals surface area contributed by atoms with Gasteiger partial charge >= 0.3 is 0 Å². The highest BCUT2D eigenvalue weighted by molar-refractivity contribution is 4.55. The summed E-state index contributed by atoms with van der Waals surface area (Å²) in [6.07, 6.45) is 3.71. The predicted octanol–water partition coefficient (Wildman–Crippen LogP) is 2.19. The molecule has 0 aromatic heterocycles. The van der Waals surface area contributed by atoms with E-state index < -0.39 is 0 Å². The van der Waals surface area contributed by atoms with Gasteiger partial charge in [-0.2, -0.15) is 0 Å². The van der Waals surface area contributed by atoms with Crippen molar-refractivity contribution in [2.24, 2.45) is 5.92 Å². The first-order valence-electron chi connectivity index (χ1n) is 4.10. The molecule has 1 unspecified atom stereocenters. The standard InChI is InChI=1S/C9H20N/c1-5-9(2)7-6-8-10(3)4/h9H,1,5-8H2,2-4H3. The quantitative estimate of drug-likeness (QED) is 0.568. The molecular weight excluding hydrogens is 122 g/mol. The number of hydrogen-bond donors (Lipinski definition) is 0. The molecule has 0 aliphatic rings. The Morgan fingerprint density at radius 1 is 1.40 bits per heavy atom. The van der Waals surface area contributed by atoms with Crippen LogP contribution in [0.15, 0.2) is 0 Å². The summed E-state index contributed by atoms with van der Waals surface area (Å²) in [6, 6.07) is 0. The van der Waals surface area contributed by atoms with Gasteiger partial charge in [-0.15, -0.1) is 0 Å². The van der Waals surface area contributed by atoms with E-state index in [1.54, 1.807) is 0 Å². The van der Waals surface area contributed by atoms with Gasteiger partial charge in [0, 0.05) is 0 Å². The normalized spacial score (nSPS) is 14.1. The fraction of sp³-hybridized carbons (Fsp3) is 0.889. The smallest absolute Gasteiger partial charge is 0.00247 e. The highest BCUT2D eigenvalue weighted by atomic mass is 15.0. The van der Waals surface area contributed by atoms with E-state index in [4.69, 9.17) is 0 Å². The highest BCUT2D eigenvalue weighted by Crippen LogP contribution is 2.08. The lowest BCUT2D eigenvalue weighted by Gasteiger charge is -2.11. The van der Waals surface area contributed by atoms with Gasteiger partial charge in [0.25, 0.3) is 0 Å². The Morgan fingerprint density at radius 3 is 2.40 bits per heavy atom. The maximum Gasteiger partial charge on any atom is -0.00247 e. The molecule has 61 valence electrons. The van der Waals surface area contributed by atoms with Crippen LogP contribution in [0, 0.1) is 12.8 Å². The molecule has 10 heavy (non-hydrogen) atoms. The molecule has 0 aliphatic heterocycles. The maximum absolute atomic E-state index is 3.87. The molecule has 0 fully saturated rings. The van der Waals surface area contributed by atoms with E-state index in [1.807, 2.05) is 0 Å². The third-order valence-corrected chi connectivity index (χ3v) is 1.80. The second-order valence-electron chi connectivity index (χ2n) is 3.34. The van der Waals surface area contributed by atoms with Gasteiger partial charge in [-0.25, -0.2) is 0 Å².